The fraction of sp³-hybridized carbons (Fsp3) is 0.143. The quantitative estimate of drug-likeness (QED) is 0.651. The zero-order valence-corrected chi connectivity index (χ0v) is 12.4. The minimum absolute atomic E-state index is 0.111. The van der Waals surface area contributed by atoms with Gasteiger partial charge in [0.15, 0.2) is 0 Å². The van der Waals surface area contributed by atoms with Crippen molar-refractivity contribution in [2.24, 2.45) is 5.84 Å². The van der Waals surface area contributed by atoms with Crippen LogP contribution in [0.3, 0.4) is 0 Å². The fourth-order valence-corrected chi connectivity index (χ4v) is 2.45. The van der Waals surface area contributed by atoms with Crippen LogP contribution in [-0.4, -0.2) is 0 Å². The second-order valence-electron chi connectivity index (χ2n) is 4.19. The van der Waals surface area contributed by atoms with Gasteiger partial charge in [-0.2, -0.15) is 0 Å². The Labute approximate surface area is 124 Å². The number of nitrogens with two attached hydrogens (primary N) is 1. The molecule has 2 rings (SSSR count). The normalized spacial score (nSPS) is 12.4. The van der Waals surface area contributed by atoms with Gasteiger partial charge in [-0.3, -0.25) is 11.3 Å². The van der Waals surface area contributed by atoms with E-state index in [4.69, 9.17) is 17.4 Å². The molecule has 2 aromatic rings. The summed E-state index contributed by atoms with van der Waals surface area (Å²) in [6.45, 7) is 0. The number of hydrazine groups is 1. The molecule has 3 N–H and O–H groups in total. The standard InChI is InChI=1S/C14H13BrClFN2/c15-11-4-2-1-3-9(11)8-14(19-18)10-5-6-12(16)13(17)7-10/h1-7,14,19H,8,18H2. The Bertz CT molecular complexity index is 577. The first kappa shape index (κ1) is 14.5. The molecule has 5 heteroatoms. The molecule has 0 aliphatic rings. The van der Waals surface area contributed by atoms with Gasteiger partial charge in [0.2, 0.25) is 0 Å². The molecule has 0 radical (unpaired) electrons. The first-order valence-electron chi connectivity index (χ1n) is 5.76. The maximum absolute atomic E-state index is 13.5. The van der Waals surface area contributed by atoms with Crippen molar-refractivity contribution in [3.8, 4) is 0 Å². The summed E-state index contributed by atoms with van der Waals surface area (Å²) in [6, 6.07) is 12.4. The van der Waals surface area contributed by atoms with Gasteiger partial charge in [0, 0.05) is 4.47 Å². The van der Waals surface area contributed by atoms with Gasteiger partial charge in [0.05, 0.1) is 11.1 Å². The summed E-state index contributed by atoms with van der Waals surface area (Å²) in [5.41, 5.74) is 4.57. The minimum atomic E-state index is -0.438. The number of benzene rings is 2. The van der Waals surface area contributed by atoms with Gasteiger partial charge in [0.1, 0.15) is 5.82 Å². The Morgan fingerprint density at radius 3 is 2.63 bits per heavy atom. The van der Waals surface area contributed by atoms with Crippen molar-refractivity contribution in [2.75, 3.05) is 0 Å². The molecule has 1 atom stereocenters. The molecule has 19 heavy (non-hydrogen) atoms. The lowest BCUT2D eigenvalue weighted by molar-refractivity contribution is 0.544. The van der Waals surface area contributed by atoms with Crippen LogP contribution in [0.15, 0.2) is 46.9 Å². The Morgan fingerprint density at radius 1 is 1.26 bits per heavy atom. The smallest absolute Gasteiger partial charge is 0.142 e. The summed E-state index contributed by atoms with van der Waals surface area (Å²) in [5.74, 6) is 5.13. The molecule has 100 valence electrons. The SMILES string of the molecule is NNC(Cc1ccccc1Br)c1ccc(Cl)c(F)c1. The number of nitrogens with one attached hydrogen (secondary N) is 1. The monoisotopic (exact) mass is 342 g/mol. The molecule has 0 aromatic heterocycles. The van der Waals surface area contributed by atoms with Crippen molar-refractivity contribution in [3.63, 3.8) is 0 Å². The lowest BCUT2D eigenvalue weighted by Crippen LogP contribution is -2.29. The van der Waals surface area contributed by atoms with E-state index in [2.05, 4.69) is 21.4 Å². The van der Waals surface area contributed by atoms with E-state index in [-0.39, 0.29) is 11.1 Å². The van der Waals surface area contributed by atoms with E-state index in [9.17, 15) is 4.39 Å². The summed E-state index contributed by atoms with van der Waals surface area (Å²) in [7, 11) is 0. The van der Waals surface area contributed by atoms with E-state index >= 15 is 0 Å². The topological polar surface area (TPSA) is 38.0 Å². The van der Waals surface area contributed by atoms with Gasteiger partial charge in [-0.25, -0.2) is 4.39 Å². The van der Waals surface area contributed by atoms with Crippen LogP contribution in [0, 0.1) is 5.82 Å². The number of halogens is 3. The van der Waals surface area contributed by atoms with Gasteiger partial charge in [-0.05, 0) is 35.7 Å². The van der Waals surface area contributed by atoms with Crippen molar-refractivity contribution < 1.29 is 4.39 Å². The zero-order chi connectivity index (χ0) is 13.8. The maximum Gasteiger partial charge on any atom is 0.142 e. The van der Waals surface area contributed by atoms with E-state index in [0.29, 0.717) is 6.42 Å². The Kier molecular flexibility index (Phi) is 4.93. The molecule has 2 nitrogen and oxygen atoms in total. The third-order valence-corrected chi connectivity index (χ3v) is 4.01. The molecule has 0 aliphatic carbocycles. The van der Waals surface area contributed by atoms with Crippen molar-refractivity contribution in [1.29, 1.82) is 0 Å². The van der Waals surface area contributed by atoms with Crippen molar-refractivity contribution in [3.05, 3.63) is 68.9 Å². The highest BCUT2D eigenvalue weighted by Crippen LogP contribution is 2.25. The third-order valence-electron chi connectivity index (χ3n) is 2.93. The lowest BCUT2D eigenvalue weighted by Gasteiger charge is -2.17. The average molecular weight is 344 g/mol. The average Bonchev–Trinajstić information content (AvgIpc) is 2.41. The molecule has 0 aliphatic heterocycles. The van der Waals surface area contributed by atoms with Crippen LogP contribution in [0.2, 0.25) is 5.02 Å². The lowest BCUT2D eigenvalue weighted by atomic mass is 9.99. The molecule has 0 spiro atoms. The molecule has 1 unspecified atom stereocenters. The van der Waals surface area contributed by atoms with Crippen LogP contribution in [0.5, 0.6) is 0 Å². The fourth-order valence-electron chi connectivity index (χ4n) is 1.89. The van der Waals surface area contributed by atoms with Gasteiger partial charge >= 0.3 is 0 Å². The predicted molar refractivity (Wildman–Crippen MR) is 79.3 cm³/mol. The molecule has 0 saturated carbocycles. The summed E-state index contributed by atoms with van der Waals surface area (Å²) in [4.78, 5) is 0. The third kappa shape index (κ3) is 3.54. The molecular formula is C14H13BrClFN2. The first-order chi connectivity index (χ1) is 9.11. The summed E-state index contributed by atoms with van der Waals surface area (Å²) < 4.78 is 14.5. The van der Waals surface area contributed by atoms with Crippen LogP contribution < -0.4 is 11.3 Å². The van der Waals surface area contributed by atoms with Gasteiger partial charge < -0.3 is 0 Å². The van der Waals surface area contributed by atoms with Crippen LogP contribution in [0.25, 0.3) is 0 Å². The van der Waals surface area contributed by atoms with Crippen molar-refractivity contribution in [2.45, 2.75) is 12.5 Å². The molecule has 0 bridgehead atoms. The van der Waals surface area contributed by atoms with E-state index in [1.165, 1.54) is 12.1 Å². The van der Waals surface area contributed by atoms with Crippen LogP contribution in [0.4, 0.5) is 4.39 Å². The predicted octanol–water partition coefficient (Wildman–Crippen LogP) is 3.99. The minimum Gasteiger partial charge on any atom is -0.271 e. The Morgan fingerprint density at radius 2 is 2.00 bits per heavy atom. The second-order valence-corrected chi connectivity index (χ2v) is 5.45. The van der Waals surface area contributed by atoms with Crippen LogP contribution >= 0.6 is 27.5 Å². The van der Waals surface area contributed by atoms with E-state index in [0.717, 1.165) is 15.6 Å². The highest BCUT2D eigenvalue weighted by Gasteiger charge is 2.14. The maximum atomic E-state index is 13.5. The molecule has 0 heterocycles. The second kappa shape index (κ2) is 6.48. The van der Waals surface area contributed by atoms with Crippen LogP contribution in [-0.2, 0) is 6.42 Å². The summed E-state index contributed by atoms with van der Waals surface area (Å²) >= 11 is 9.17. The highest BCUT2D eigenvalue weighted by molar-refractivity contribution is 9.10. The first-order valence-corrected chi connectivity index (χ1v) is 6.93. The molecule has 0 saturated heterocycles. The summed E-state index contributed by atoms with van der Waals surface area (Å²) in [6.07, 6.45) is 0.652. The molecule has 0 amide bonds. The molecule has 2 aromatic carbocycles. The highest BCUT2D eigenvalue weighted by atomic mass is 79.9. The van der Waals surface area contributed by atoms with Gasteiger partial charge in [0.25, 0.3) is 0 Å². The Balaban J connectivity index is 2.25. The largest absolute Gasteiger partial charge is 0.271 e. The number of hydrogen-bond donors (Lipinski definition) is 2. The number of hydrogen-bond acceptors (Lipinski definition) is 2. The van der Waals surface area contributed by atoms with E-state index < -0.39 is 5.82 Å². The van der Waals surface area contributed by atoms with Gasteiger partial charge in [-0.15, -0.1) is 0 Å². The molecular weight excluding hydrogens is 331 g/mol. The zero-order valence-electron chi connectivity index (χ0n) is 10.0. The van der Waals surface area contributed by atoms with E-state index in [1.54, 1.807) is 6.07 Å². The summed E-state index contributed by atoms with van der Waals surface area (Å²) in [5, 5.41) is 0.111. The van der Waals surface area contributed by atoms with Crippen LogP contribution in [0.1, 0.15) is 17.2 Å². The molecule has 0 fully saturated rings. The van der Waals surface area contributed by atoms with Gasteiger partial charge in [-0.1, -0.05) is 51.8 Å². The van der Waals surface area contributed by atoms with Crippen molar-refractivity contribution >= 4 is 27.5 Å². The van der Waals surface area contributed by atoms with E-state index in [1.807, 2.05) is 24.3 Å². The van der Waals surface area contributed by atoms with Crippen molar-refractivity contribution in [1.82, 2.24) is 5.43 Å². The number of rotatable bonds is 4. The Hall–Kier alpha value is -0.940.